The second-order valence-corrected chi connectivity index (χ2v) is 5.50. The van der Waals surface area contributed by atoms with Gasteiger partial charge in [-0.05, 0) is 45.6 Å². The molecule has 0 N–H and O–H groups in total. The van der Waals surface area contributed by atoms with E-state index in [0.717, 1.165) is 41.3 Å². The third kappa shape index (κ3) is 4.21. The Kier molecular flexibility index (Phi) is 5.78. The second kappa shape index (κ2) is 7.80. The summed E-state index contributed by atoms with van der Waals surface area (Å²) in [5.74, 6) is 1.64. The highest BCUT2D eigenvalue weighted by atomic mass is 16.5. The van der Waals surface area contributed by atoms with Crippen LogP contribution in [0.25, 0.3) is 11.1 Å². The molecule has 0 aliphatic rings. The molecule has 0 aliphatic heterocycles. The molecule has 0 saturated heterocycles. The van der Waals surface area contributed by atoms with Crippen LogP contribution in [0.2, 0.25) is 0 Å². The Balaban J connectivity index is 2.24. The van der Waals surface area contributed by atoms with Crippen molar-refractivity contribution >= 4 is 0 Å². The number of nitrogens with zero attached hydrogens (tertiary/aromatic N) is 2. The van der Waals surface area contributed by atoms with Crippen molar-refractivity contribution in [2.24, 2.45) is 0 Å². The Bertz CT molecular complexity index is 612. The summed E-state index contributed by atoms with van der Waals surface area (Å²) in [5, 5.41) is 0. The second-order valence-electron chi connectivity index (χ2n) is 5.50. The van der Waals surface area contributed by atoms with Crippen molar-refractivity contribution in [2.45, 2.75) is 13.3 Å². The summed E-state index contributed by atoms with van der Waals surface area (Å²) in [4.78, 5) is 6.52. The fourth-order valence-electron chi connectivity index (χ4n) is 2.30. The molecule has 0 unspecified atom stereocenters. The lowest BCUT2D eigenvalue weighted by Crippen LogP contribution is -2.15. The van der Waals surface area contributed by atoms with Gasteiger partial charge in [-0.1, -0.05) is 6.07 Å². The average Bonchev–Trinajstić information content (AvgIpc) is 2.52. The Morgan fingerprint density at radius 2 is 1.95 bits per heavy atom. The number of hydrogen-bond acceptors (Lipinski definition) is 4. The van der Waals surface area contributed by atoms with Gasteiger partial charge in [0, 0.05) is 35.6 Å². The molecule has 0 amide bonds. The standard InChI is InChI=1S/C18H24N2O2/c1-14-16(7-5-10-19-14)17-9-8-15(21-4)13-18(17)22-12-6-11-20(2)3/h5,7-10,13H,6,11-12H2,1-4H3. The minimum Gasteiger partial charge on any atom is -0.497 e. The molecule has 2 rings (SSSR count). The van der Waals surface area contributed by atoms with Gasteiger partial charge >= 0.3 is 0 Å². The maximum Gasteiger partial charge on any atom is 0.130 e. The smallest absolute Gasteiger partial charge is 0.130 e. The largest absolute Gasteiger partial charge is 0.497 e. The molecule has 2 aromatic rings. The molecule has 0 radical (unpaired) electrons. The highest BCUT2D eigenvalue weighted by Gasteiger charge is 2.11. The number of ether oxygens (including phenoxy) is 2. The van der Waals surface area contributed by atoms with Crippen LogP contribution in [0, 0.1) is 6.92 Å². The zero-order chi connectivity index (χ0) is 15.9. The first-order chi connectivity index (χ1) is 10.6. The van der Waals surface area contributed by atoms with Crippen LogP contribution in [0.5, 0.6) is 11.5 Å². The summed E-state index contributed by atoms with van der Waals surface area (Å²) >= 11 is 0. The first kappa shape index (κ1) is 16.3. The van der Waals surface area contributed by atoms with E-state index in [1.165, 1.54) is 0 Å². The Morgan fingerprint density at radius 3 is 2.64 bits per heavy atom. The summed E-state index contributed by atoms with van der Waals surface area (Å²) in [6.07, 6.45) is 2.79. The molecule has 22 heavy (non-hydrogen) atoms. The minimum atomic E-state index is 0.678. The van der Waals surface area contributed by atoms with E-state index in [1.54, 1.807) is 13.3 Å². The van der Waals surface area contributed by atoms with Gasteiger partial charge in [-0.3, -0.25) is 4.98 Å². The molecular weight excluding hydrogens is 276 g/mol. The monoisotopic (exact) mass is 300 g/mol. The number of rotatable bonds is 7. The van der Waals surface area contributed by atoms with Crippen LogP contribution in [0.15, 0.2) is 36.5 Å². The quantitative estimate of drug-likeness (QED) is 0.734. The predicted molar refractivity (Wildman–Crippen MR) is 89.6 cm³/mol. The van der Waals surface area contributed by atoms with Gasteiger partial charge in [-0.15, -0.1) is 0 Å². The van der Waals surface area contributed by atoms with Gasteiger partial charge in [0.1, 0.15) is 11.5 Å². The fraction of sp³-hybridized carbons (Fsp3) is 0.389. The van der Waals surface area contributed by atoms with Crippen molar-refractivity contribution in [3.63, 3.8) is 0 Å². The van der Waals surface area contributed by atoms with E-state index < -0.39 is 0 Å². The first-order valence-corrected chi connectivity index (χ1v) is 7.49. The van der Waals surface area contributed by atoms with Crippen molar-refractivity contribution < 1.29 is 9.47 Å². The molecular formula is C18H24N2O2. The van der Waals surface area contributed by atoms with Crippen LogP contribution in [0.1, 0.15) is 12.1 Å². The van der Waals surface area contributed by atoms with Crippen molar-refractivity contribution in [2.75, 3.05) is 34.4 Å². The lowest BCUT2D eigenvalue weighted by molar-refractivity contribution is 0.281. The summed E-state index contributed by atoms with van der Waals surface area (Å²) in [6, 6.07) is 9.94. The summed E-state index contributed by atoms with van der Waals surface area (Å²) in [7, 11) is 5.80. The van der Waals surface area contributed by atoms with Gasteiger partial charge in [-0.25, -0.2) is 0 Å². The van der Waals surface area contributed by atoms with Crippen molar-refractivity contribution in [1.82, 2.24) is 9.88 Å². The zero-order valence-corrected chi connectivity index (χ0v) is 13.8. The molecule has 0 atom stereocenters. The van der Waals surface area contributed by atoms with E-state index in [1.807, 2.05) is 31.2 Å². The number of aromatic nitrogens is 1. The Labute approximate surface area is 132 Å². The third-order valence-corrected chi connectivity index (χ3v) is 3.49. The molecule has 4 heteroatoms. The third-order valence-electron chi connectivity index (χ3n) is 3.49. The van der Waals surface area contributed by atoms with Gasteiger partial charge < -0.3 is 14.4 Å². The normalized spacial score (nSPS) is 10.8. The number of benzene rings is 1. The lowest BCUT2D eigenvalue weighted by atomic mass is 10.0. The molecule has 0 spiro atoms. The van der Waals surface area contributed by atoms with Crippen LogP contribution in [0.3, 0.4) is 0 Å². The van der Waals surface area contributed by atoms with Crippen LogP contribution in [0.4, 0.5) is 0 Å². The van der Waals surface area contributed by atoms with Crippen LogP contribution < -0.4 is 9.47 Å². The number of hydrogen-bond donors (Lipinski definition) is 0. The minimum absolute atomic E-state index is 0.678. The highest BCUT2D eigenvalue weighted by molar-refractivity contribution is 5.73. The van der Waals surface area contributed by atoms with Crippen molar-refractivity contribution in [3.8, 4) is 22.6 Å². The van der Waals surface area contributed by atoms with E-state index in [2.05, 4.69) is 30.0 Å². The van der Waals surface area contributed by atoms with Crippen molar-refractivity contribution in [1.29, 1.82) is 0 Å². The molecule has 4 nitrogen and oxygen atoms in total. The molecule has 1 heterocycles. The van der Waals surface area contributed by atoms with E-state index in [-0.39, 0.29) is 0 Å². The number of pyridine rings is 1. The van der Waals surface area contributed by atoms with Gasteiger partial charge in [0.2, 0.25) is 0 Å². The topological polar surface area (TPSA) is 34.6 Å². The molecule has 0 fully saturated rings. The Morgan fingerprint density at radius 1 is 1.14 bits per heavy atom. The maximum absolute atomic E-state index is 6.01. The fourth-order valence-corrected chi connectivity index (χ4v) is 2.30. The summed E-state index contributed by atoms with van der Waals surface area (Å²) in [6.45, 7) is 3.69. The van der Waals surface area contributed by atoms with E-state index in [9.17, 15) is 0 Å². The van der Waals surface area contributed by atoms with Crippen molar-refractivity contribution in [3.05, 3.63) is 42.2 Å². The maximum atomic E-state index is 6.01. The number of aryl methyl sites for hydroxylation is 1. The molecule has 0 bridgehead atoms. The van der Waals surface area contributed by atoms with Crippen LogP contribution in [-0.4, -0.2) is 44.2 Å². The molecule has 0 saturated carbocycles. The first-order valence-electron chi connectivity index (χ1n) is 7.49. The van der Waals surface area contributed by atoms with E-state index in [0.29, 0.717) is 6.61 Å². The summed E-state index contributed by atoms with van der Waals surface area (Å²) in [5.41, 5.74) is 3.13. The van der Waals surface area contributed by atoms with Crippen LogP contribution >= 0.6 is 0 Å². The zero-order valence-electron chi connectivity index (χ0n) is 13.8. The van der Waals surface area contributed by atoms with Gasteiger partial charge in [0.25, 0.3) is 0 Å². The predicted octanol–water partition coefficient (Wildman–Crippen LogP) is 3.40. The SMILES string of the molecule is COc1ccc(-c2cccnc2C)c(OCCCN(C)C)c1. The van der Waals surface area contributed by atoms with E-state index >= 15 is 0 Å². The Hall–Kier alpha value is -2.07. The molecule has 1 aromatic heterocycles. The molecule has 118 valence electrons. The van der Waals surface area contributed by atoms with Crippen LogP contribution in [-0.2, 0) is 0 Å². The van der Waals surface area contributed by atoms with Gasteiger partial charge in [0.15, 0.2) is 0 Å². The van der Waals surface area contributed by atoms with Gasteiger partial charge in [-0.2, -0.15) is 0 Å². The lowest BCUT2D eigenvalue weighted by Gasteiger charge is -2.15. The van der Waals surface area contributed by atoms with E-state index in [4.69, 9.17) is 9.47 Å². The summed E-state index contributed by atoms with van der Waals surface area (Å²) < 4.78 is 11.3. The van der Waals surface area contributed by atoms with Gasteiger partial charge in [0.05, 0.1) is 13.7 Å². The molecule has 1 aromatic carbocycles. The number of methoxy groups -OCH3 is 1. The average molecular weight is 300 g/mol. The highest BCUT2D eigenvalue weighted by Crippen LogP contribution is 2.34. The molecule has 0 aliphatic carbocycles.